The normalized spacial score (nSPS) is 11.9. The molecule has 7 nitrogen and oxygen atoms in total. The standard InChI is InChI=1S/C14H14O7/c1-20-14(19)11(8-12(16)17)21-13(18)7-4-9-2-5-10(15)6-3-9/h2-7,11,15H,8H2,1H3,(H,16,17)/b7-4+/t11-/m0/s1. The van der Waals surface area contributed by atoms with E-state index in [-0.39, 0.29) is 5.75 Å². The van der Waals surface area contributed by atoms with Gasteiger partial charge in [0.15, 0.2) is 0 Å². The average molecular weight is 294 g/mol. The minimum absolute atomic E-state index is 0.0851. The fourth-order valence-corrected chi connectivity index (χ4v) is 1.39. The van der Waals surface area contributed by atoms with Crippen molar-refractivity contribution in [2.24, 2.45) is 0 Å². The van der Waals surface area contributed by atoms with Gasteiger partial charge in [-0.3, -0.25) is 4.79 Å². The van der Waals surface area contributed by atoms with Crippen molar-refractivity contribution in [2.45, 2.75) is 12.5 Å². The van der Waals surface area contributed by atoms with Gasteiger partial charge in [-0.25, -0.2) is 9.59 Å². The summed E-state index contributed by atoms with van der Waals surface area (Å²) in [6.07, 6.45) is 0.274. The van der Waals surface area contributed by atoms with Crippen LogP contribution >= 0.6 is 0 Å². The summed E-state index contributed by atoms with van der Waals surface area (Å²) in [4.78, 5) is 33.4. The molecule has 0 saturated carbocycles. The second-order valence-electron chi connectivity index (χ2n) is 3.97. The molecule has 0 amide bonds. The van der Waals surface area contributed by atoms with E-state index in [1.807, 2.05) is 0 Å². The van der Waals surface area contributed by atoms with Crippen molar-refractivity contribution in [2.75, 3.05) is 7.11 Å². The zero-order valence-electron chi connectivity index (χ0n) is 11.2. The number of carbonyl (C=O) groups excluding carboxylic acids is 2. The quantitative estimate of drug-likeness (QED) is 0.594. The Morgan fingerprint density at radius 2 is 1.86 bits per heavy atom. The number of carboxylic acids is 1. The van der Waals surface area contributed by atoms with Crippen LogP contribution in [0.15, 0.2) is 30.3 Å². The molecule has 0 fully saturated rings. The highest BCUT2D eigenvalue weighted by Gasteiger charge is 2.25. The van der Waals surface area contributed by atoms with Crippen molar-refractivity contribution >= 4 is 24.0 Å². The van der Waals surface area contributed by atoms with Crippen LogP contribution in [-0.4, -0.2) is 41.3 Å². The van der Waals surface area contributed by atoms with Gasteiger partial charge in [-0.1, -0.05) is 12.1 Å². The van der Waals surface area contributed by atoms with E-state index < -0.39 is 30.4 Å². The number of aliphatic carboxylic acids is 1. The van der Waals surface area contributed by atoms with Crippen LogP contribution in [0.3, 0.4) is 0 Å². The zero-order valence-corrected chi connectivity index (χ0v) is 11.2. The molecule has 0 bridgehead atoms. The molecule has 2 N–H and O–H groups in total. The minimum Gasteiger partial charge on any atom is -0.508 e. The molecule has 7 heteroatoms. The predicted molar refractivity (Wildman–Crippen MR) is 71.3 cm³/mol. The summed E-state index contributed by atoms with van der Waals surface area (Å²) in [5.41, 5.74) is 0.623. The van der Waals surface area contributed by atoms with E-state index in [0.29, 0.717) is 5.56 Å². The number of aromatic hydroxyl groups is 1. The molecule has 1 aromatic carbocycles. The van der Waals surface area contributed by atoms with E-state index in [9.17, 15) is 14.4 Å². The lowest BCUT2D eigenvalue weighted by Crippen LogP contribution is -2.30. The molecule has 0 aliphatic rings. The van der Waals surface area contributed by atoms with Gasteiger partial charge in [-0.2, -0.15) is 0 Å². The van der Waals surface area contributed by atoms with Crippen molar-refractivity contribution < 1.29 is 34.1 Å². The molecular formula is C14H14O7. The van der Waals surface area contributed by atoms with E-state index in [1.54, 1.807) is 12.1 Å². The SMILES string of the molecule is COC(=O)[C@H](CC(=O)O)OC(=O)/C=C/c1ccc(O)cc1. The van der Waals surface area contributed by atoms with Crippen LogP contribution in [0.25, 0.3) is 6.08 Å². The molecular weight excluding hydrogens is 280 g/mol. The number of ether oxygens (including phenoxy) is 2. The molecule has 1 atom stereocenters. The van der Waals surface area contributed by atoms with Gasteiger partial charge < -0.3 is 19.7 Å². The van der Waals surface area contributed by atoms with Gasteiger partial charge in [0.05, 0.1) is 13.5 Å². The van der Waals surface area contributed by atoms with Crippen molar-refractivity contribution in [3.63, 3.8) is 0 Å². The molecule has 0 unspecified atom stereocenters. The third-order valence-electron chi connectivity index (χ3n) is 2.39. The van der Waals surface area contributed by atoms with Crippen molar-refractivity contribution in [3.05, 3.63) is 35.9 Å². The van der Waals surface area contributed by atoms with Gasteiger partial charge in [-0.15, -0.1) is 0 Å². The highest BCUT2D eigenvalue weighted by Crippen LogP contribution is 2.11. The van der Waals surface area contributed by atoms with E-state index >= 15 is 0 Å². The first kappa shape index (κ1) is 16.2. The number of hydrogen-bond donors (Lipinski definition) is 2. The summed E-state index contributed by atoms with van der Waals surface area (Å²) in [5, 5.41) is 17.7. The van der Waals surface area contributed by atoms with Crippen molar-refractivity contribution in [1.29, 1.82) is 0 Å². The lowest BCUT2D eigenvalue weighted by Gasteiger charge is -2.12. The molecule has 0 aliphatic carbocycles. The Labute approximate surface area is 120 Å². The summed E-state index contributed by atoms with van der Waals surface area (Å²) in [6, 6.07) is 6.00. The summed E-state index contributed by atoms with van der Waals surface area (Å²) in [5.74, 6) is -3.02. The number of rotatable bonds is 6. The zero-order chi connectivity index (χ0) is 15.8. The highest BCUT2D eigenvalue weighted by molar-refractivity contribution is 5.90. The van der Waals surface area contributed by atoms with Crippen LogP contribution in [0, 0.1) is 0 Å². The molecule has 112 valence electrons. The Morgan fingerprint density at radius 3 is 2.38 bits per heavy atom. The van der Waals surface area contributed by atoms with Gasteiger partial charge >= 0.3 is 17.9 Å². The number of esters is 2. The molecule has 1 aromatic rings. The van der Waals surface area contributed by atoms with Crippen LogP contribution < -0.4 is 0 Å². The van der Waals surface area contributed by atoms with Crippen LogP contribution in [0.2, 0.25) is 0 Å². The minimum atomic E-state index is -1.50. The third-order valence-corrected chi connectivity index (χ3v) is 2.39. The summed E-state index contributed by atoms with van der Waals surface area (Å²) in [7, 11) is 1.07. The van der Waals surface area contributed by atoms with E-state index in [2.05, 4.69) is 4.74 Å². The number of methoxy groups -OCH3 is 1. The number of phenols is 1. The first-order valence-corrected chi connectivity index (χ1v) is 5.89. The number of hydrogen-bond acceptors (Lipinski definition) is 6. The predicted octanol–water partition coefficient (Wildman–Crippen LogP) is 0.965. The Morgan fingerprint density at radius 1 is 1.24 bits per heavy atom. The Hall–Kier alpha value is -2.83. The van der Waals surface area contributed by atoms with Gasteiger partial charge in [0.2, 0.25) is 6.10 Å². The second kappa shape index (κ2) is 7.68. The van der Waals surface area contributed by atoms with Crippen LogP contribution in [0.4, 0.5) is 0 Å². The first-order chi connectivity index (χ1) is 9.92. The lowest BCUT2D eigenvalue weighted by atomic mass is 10.2. The largest absolute Gasteiger partial charge is 0.508 e. The first-order valence-electron chi connectivity index (χ1n) is 5.89. The fraction of sp³-hybridized carbons (Fsp3) is 0.214. The van der Waals surface area contributed by atoms with E-state index in [0.717, 1.165) is 13.2 Å². The second-order valence-corrected chi connectivity index (χ2v) is 3.97. The monoisotopic (exact) mass is 294 g/mol. The number of phenolic OH excluding ortho intramolecular Hbond substituents is 1. The molecule has 0 saturated heterocycles. The van der Waals surface area contributed by atoms with Gasteiger partial charge in [0.25, 0.3) is 0 Å². The lowest BCUT2D eigenvalue weighted by molar-refractivity contribution is -0.166. The molecule has 0 aliphatic heterocycles. The Bertz CT molecular complexity index is 545. The van der Waals surface area contributed by atoms with Gasteiger partial charge in [0, 0.05) is 6.08 Å². The van der Waals surface area contributed by atoms with Crippen LogP contribution in [0.5, 0.6) is 5.75 Å². The Kier molecular flexibility index (Phi) is 5.94. The molecule has 21 heavy (non-hydrogen) atoms. The smallest absolute Gasteiger partial charge is 0.347 e. The van der Waals surface area contributed by atoms with Crippen LogP contribution in [0.1, 0.15) is 12.0 Å². The molecule has 0 heterocycles. The summed E-state index contributed by atoms with van der Waals surface area (Å²) in [6.45, 7) is 0. The van der Waals surface area contributed by atoms with Gasteiger partial charge in [0.1, 0.15) is 5.75 Å². The third kappa shape index (κ3) is 5.77. The molecule has 0 aromatic heterocycles. The molecule has 1 rings (SSSR count). The van der Waals surface area contributed by atoms with Gasteiger partial charge in [-0.05, 0) is 23.8 Å². The molecule has 0 radical (unpaired) electrons. The highest BCUT2D eigenvalue weighted by atomic mass is 16.6. The fourth-order valence-electron chi connectivity index (χ4n) is 1.39. The van der Waals surface area contributed by atoms with Crippen LogP contribution in [-0.2, 0) is 23.9 Å². The maximum atomic E-state index is 11.5. The van der Waals surface area contributed by atoms with E-state index in [4.69, 9.17) is 14.9 Å². The summed E-state index contributed by atoms with van der Waals surface area (Å²) >= 11 is 0. The topological polar surface area (TPSA) is 110 Å². The maximum Gasteiger partial charge on any atom is 0.347 e. The number of carbonyl (C=O) groups is 3. The van der Waals surface area contributed by atoms with E-state index in [1.165, 1.54) is 18.2 Å². The Balaban J connectivity index is 2.66. The van der Waals surface area contributed by atoms with Crippen molar-refractivity contribution in [1.82, 2.24) is 0 Å². The average Bonchev–Trinajstić information content (AvgIpc) is 2.44. The van der Waals surface area contributed by atoms with Crippen molar-refractivity contribution in [3.8, 4) is 5.75 Å². The number of benzene rings is 1. The molecule has 0 spiro atoms. The summed E-state index contributed by atoms with van der Waals surface area (Å²) < 4.78 is 9.09. The number of carboxylic acid groups (broad SMARTS) is 1. The maximum absolute atomic E-state index is 11.5.